The summed E-state index contributed by atoms with van der Waals surface area (Å²) in [6.45, 7) is 6.11. The van der Waals surface area contributed by atoms with E-state index >= 15 is 0 Å². The van der Waals surface area contributed by atoms with Crippen LogP contribution in [0.3, 0.4) is 0 Å². The predicted molar refractivity (Wildman–Crippen MR) is 99.2 cm³/mol. The number of benzene rings is 1. The number of carbonyl (C=O) groups excluding carboxylic acids is 2. The normalized spacial score (nSPS) is 22.0. The van der Waals surface area contributed by atoms with Crippen molar-refractivity contribution < 1.29 is 19.1 Å². The van der Waals surface area contributed by atoms with E-state index < -0.39 is 5.60 Å². The van der Waals surface area contributed by atoms with E-state index in [9.17, 15) is 9.59 Å². The highest BCUT2D eigenvalue weighted by Crippen LogP contribution is 2.31. The van der Waals surface area contributed by atoms with E-state index in [2.05, 4.69) is 24.4 Å². The molecule has 0 saturated carbocycles. The van der Waals surface area contributed by atoms with E-state index in [0.29, 0.717) is 26.2 Å². The third-order valence-corrected chi connectivity index (χ3v) is 5.82. The average Bonchev–Trinajstić information content (AvgIpc) is 2.90. The molecule has 3 fully saturated rings. The molecule has 0 unspecified atom stereocenters. The van der Waals surface area contributed by atoms with Gasteiger partial charge in [0.1, 0.15) is 12.1 Å². The number of hydrogen-bond acceptors (Lipinski definition) is 5. The minimum absolute atomic E-state index is 0.0336. The van der Waals surface area contributed by atoms with Gasteiger partial charge in [0.15, 0.2) is 0 Å². The number of carbonyl (C=O) groups is 2. The molecule has 3 aliphatic heterocycles. The van der Waals surface area contributed by atoms with E-state index in [1.165, 1.54) is 11.1 Å². The van der Waals surface area contributed by atoms with E-state index in [1.54, 1.807) is 9.80 Å². The van der Waals surface area contributed by atoms with Crippen LogP contribution >= 0.6 is 0 Å². The van der Waals surface area contributed by atoms with E-state index in [1.807, 2.05) is 12.1 Å². The summed E-state index contributed by atoms with van der Waals surface area (Å²) in [5.74, 6) is -0.0336. The Kier molecular flexibility index (Phi) is 5.06. The number of amides is 2. The number of likely N-dealkylation sites (tertiary alicyclic amines) is 1. The molecule has 7 heteroatoms. The smallest absolute Gasteiger partial charge is 0.410 e. The molecule has 0 radical (unpaired) electrons. The van der Waals surface area contributed by atoms with Gasteiger partial charge in [0.05, 0.1) is 19.3 Å². The lowest BCUT2D eigenvalue weighted by Gasteiger charge is -2.39. The molecule has 1 spiro atoms. The second kappa shape index (κ2) is 7.48. The summed E-state index contributed by atoms with van der Waals surface area (Å²) in [4.78, 5) is 27.9. The minimum Gasteiger partial charge on any atom is -0.441 e. The van der Waals surface area contributed by atoms with Gasteiger partial charge in [0.2, 0.25) is 5.91 Å². The first-order chi connectivity index (χ1) is 13.0. The SMILES string of the molecule is Cc1ccccc1COC1CN(C(=O)CN2CC3(CCNCC3)OC2=O)C1. The third kappa shape index (κ3) is 3.94. The molecule has 0 aromatic heterocycles. The molecule has 0 bridgehead atoms. The first-order valence-electron chi connectivity index (χ1n) is 9.67. The predicted octanol–water partition coefficient (Wildman–Crippen LogP) is 1.30. The van der Waals surface area contributed by atoms with Crippen molar-refractivity contribution >= 4 is 12.0 Å². The van der Waals surface area contributed by atoms with Crippen LogP contribution in [0.2, 0.25) is 0 Å². The van der Waals surface area contributed by atoms with Gasteiger partial charge in [-0.1, -0.05) is 24.3 Å². The second-order valence-electron chi connectivity index (χ2n) is 7.82. The molecule has 3 saturated heterocycles. The summed E-state index contributed by atoms with van der Waals surface area (Å²) < 4.78 is 11.5. The summed E-state index contributed by atoms with van der Waals surface area (Å²) in [6.07, 6.45) is 1.32. The fourth-order valence-electron chi connectivity index (χ4n) is 3.95. The highest BCUT2D eigenvalue weighted by molar-refractivity contribution is 5.83. The highest BCUT2D eigenvalue weighted by atomic mass is 16.6. The standard InChI is InChI=1S/C20H27N3O4/c1-15-4-2-3-5-16(15)13-26-17-10-22(11-17)18(24)12-23-14-20(27-19(23)25)6-8-21-9-7-20/h2-5,17,21H,6-14H2,1H3. The summed E-state index contributed by atoms with van der Waals surface area (Å²) >= 11 is 0. The minimum atomic E-state index is -0.406. The number of nitrogens with zero attached hydrogens (tertiary/aromatic N) is 2. The number of piperidine rings is 1. The second-order valence-corrected chi connectivity index (χ2v) is 7.82. The first-order valence-corrected chi connectivity index (χ1v) is 9.67. The van der Waals surface area contributed by atoms with Crippen molar-refractivity contribution in [2.75, 3.05) is 39.3 Å². The summed E-state index contributed by atoms with van der Waals surface area (Å²) in [6, 6.07) is 8.15. The molecule has 7 nitrogen and oxygen atoms in total. The molecule has 1 N–H and O–H groups in total. The van der Waals surface area contributed by atoms with Gasteiger partial charge in [-0.05, 0) is 31.1 Å². The Balaban J connectivity index is 1.21. The van der Waals surface area contributed by atoms with Crippen LogP contribution in [-0.2, 0) is 20.9 Å². The van der Waals surface area contributed by atoms with Gasteiger partial charge in [0.25, 0.3) is 0 Å². The molecular formula is C20H27N3O4. The molecule has 2 amide bonds. The molecule has 1 aromatic carbocycles. The largest absolute Gasteiger partial charge is 0.441 e. The van der Waals surface area contributed by atoms with E-state index in [4.69, 9.17) is 9.47 Å². The topological polar surface area (TPSA) is 71.1 Å². The Morgan fingerprint density at radius 3 is 2.78 bits per heavy atom. The molecule has 146 valence electrons. The van der Waals surface area contributed by atoms with Gasteiger partial charge in [-0.3, -0.25) is 9.69 Å². The lowest BCUT2D eigenvalue weighted by atomic mass is 9.92. The Morgan fingerprint density at radius 1 is 1.30 bits per heavy atom. The zero-order valence-electron chi connectivity index (χ0n) is 15.8. The number of ether oxygens (including phenoxy) is 2. The highest BCUT2D eigenvalue weighted by Gasteiger charge is 2.46. The van der Waals surface area contributed by atoms with Crippen LogP contribution in [0, 0.1) is 6.92 Å². The lowest BCUT2D eigenvalue weighted by Crippen LogP contribution is -2.57. The Bertz CT molecular complexity index is 711. The van der Waals surface area contributed by atoms with Crippen LogP contribution in [0.15, 0.2) is 24.3 Å². The van der Waals surface area contributed by atoms with Gasteiger partial charge < -0.3 is 19.7 Å². The van der Waals surface area contributed by atoms with Gasteiger partial charge >= 0.3 is 6.09 Å². The number of hydrogen-bond donors (Lipinski definition) is 1. The van der Waals surface area contributed by atoms with E-state index in [0.717, 1.165) is 25.9 Å². The summed E-state index contributed by atoms with van der Waals surface area (Å²) in [7, 11) is 0. The Hall–Kier alpha value is -2.12. The zero-order chi connectivity index (χ0) is 18.9. The first kappa shape index (κ1) is 18.3. The molecule has 4 rings (SSSR count). The van der Waals surface area contributed by atoms with Crippen LogP contribution in [-0.4, -0.2) is 72.8 Å². The van der Waals surface area contributed by atoms with Crippen molar-refractivity contribution in [3.63, 3.8) is 0 Å². The van der Waals surface area contributed by atoms with Crippen LogP contribution in [0.1, 0.15) is 24.0 Å². The lowest BCUT2D eigenvalue weighted by molar-refractivity contribution is -0.146. The van der Waals surface area contributed by atoms with Crippen LogP contribution in [0.5, 0.6) is 0 Å². The molecule has 3 heterocycles. The molecule has 1 aromatic rings. The van der Waals surface area contributed by atoms with E-state index in [-0.39, 0.29) is 24.6 Å². The number of rotatable bonds is 5. The van der Waals surface area contributed by atoms with Gasteiger partial charge in [0, 0.05) is 25.9 Å². The molecule has 27 heavy (non-hydrogen) atoms. The number of nitrogens with one attached hydrogen (secondary N) is 1. The fraction of sp³-hybridized carbons (Fsp3) is 0.600. The molecule has 3 aliphatic rings. The quantitative estimate of drug-likeness (QED) is 0.842. The molecule has 0 atom stereocenters. The maximum Gasteiger partial charge on any atom is 0.410 e. The van der Waals surface area contributed by atoms with Crippen LogP contribution in [0.25, 0.3) is 0 Å². The Labute approximate surface area is 159 Å². The van der Waals surface area contributed by atoms with Crippen LogP contribution in [0.4, 0.5) is 4.79 Å². The van der Waals surface area contributed by atoms with Gasteiger partial charge in [-0.2, -0.15) is 0 Å². The maximum absolute atomic E-state index is 12.5. The van der Waals surface area contributed by atoms with Crippen molar-refractivity contribution in [3.05, 3.63) is 35.4 Å². The average molecular weight is 373 g/mol. The number of aryl methyl sites for hydroxylation is 1. The molecular weight excluding hydrogens is 346 g/mol. The van der Waals surface area contributed by atoms with Crippen molar-refractivity contribution in [1.29, 1.82) is 0 Å². The Morgan fingerprint density at radius 2 is 2.04 bits per heavy atom. The fourth-order valence-corrected chi connectivity index (χ4v) is 3.95. The zero-order valence-corrected chi connectivity index (χ0v) is 15.8. The summed E-state index contributed by atoms with van der Waals surface area (Å²) in [5.41, 5.74) is 1.98. The van der Waals surface area contributed by atoms with Crippen molar-refractivity contribution in [3.8, 4) is 0 Å². The van der Waals surface area contributed by atoms with Gasteiger partial charge in [-0.25, -0.2) is 4.79 Å². The molecule has 0 aliphatic carbocycles. The van der Waals surface area contributed by atoms with Gasteiger partial charge in [-0.15, -0.1) is 0 Å². The summed E-state index contributed by atoms with van der Waals surface area (Å²) in [5, 5.41) is 3.28. The van der Waals surface area contributed by atoms with Crippen LogP contribution < -0.4 is 5.32 Å². The third-order valence-electron chi connectivity index (χ3n) is 5.82. The van der Waals surface area contributed by atoms with Crippen molar-refractivity contribution in [2.45, 2.75) is 38.1 Å². The van der Waals surface area contributed by atoms with Crippen molar-refractivity contribution in [1.82, 2.24) is 15.1 Å². The van der Waals surface area contributed by atoms with Crippen molar-refractivity contribution in [2.24, 2.45) is 0 Å². The maximum atomic E-state index is 12.5. The monoisotopic (exact) mass is 373 g/mol.